The van der Waals surface area contributed by atoms with E-state index in [1.54, 1.807) is 0 Å². The fraction of sp³-hybridized carbons (Fsp3) is 0.880. The highest BCUT2D eigenvalue weighted by atomic mass is 16.6. The number of carbonyl (C=O) groups excluding carboxylic acids is 1. The Morgan fingerprint density at radius 1 is 0.432 bits per heavy atom. The molecule has 0 bridgehead atoms. The lowest BCUT2D eigenvalue weighted by Crippen LogP contribution is -2.15. The van der Waals surface area contributed by atoms with E-state index in [1.807, 2.05) is 0 Å². The van der Waals surface area contributed by atoms with Gasteiger partial charge in [0.1, 0.15) is 13.2 Å². The number of ether oxygens (including phenoxy) is 11. The van der Waals surface area contributed by atoms with Gasteiger partial charge < -0.3 is 52.1 Å². The Kier molecular flexibility index (Phi) is 31.4. The Labute approximate surface area is 221 Å². The van der Waals surface area contributed by atoms with Crippen LogP contribution < -0.4 is 0 Å². The monoisotopic (exact) mass is 538 g/mol. The molecule has 0 saturated carbocycles. The van der Waals surface area contributed by atoms with Crippen molar-refractivity contribution in [2.75, 3.05) is 139 Å². The zero-order valence-corrected chi connectivity index (χ0v) is 22.3. The van der Waals surface area contributed by atoms with Crippen LogP contribution in [0.5, 0.6) is 0 Å². The normalized spacial score (nSPS) is 11.0. The zero-order chi connectivity index (χ0) is 26.9. The quantitative estimate of drug-likeness (QED) is 0.0688. The van der Waals surface area contributed by atoms with E-state index in [0.717, 1.165) is 0 Å². The molecule has 0 aliphatic carbocycles. The Morgan fingerprint density at radius 3 is 0.865 bits per heavy atom. The minimum Gasteiger partial charge on any atom is -0.463 e. The molecule has 0 unspecified atom stereocenters. The third kappa shape index (κ3) is 34.6. The molecule has 0 N–H and O–H groups in total. The SMILES string of the molecule is C#CCOCCOCCOCCOCCOCCOCCOCCOCCOCCOCCOC(C)=O. The Bertz CT molecular complexity index is 501. The molecule has 218 valence electrons. The first-order valence-electron chi connectivity index (χ1n) is 12.6. The summed E-state index contributed by atoms with van der Waals surface area (Å²) in [4.78, 5) is 10.6. The molecule has 0 aromatic heterocycles. The van der Waals surface area contributed by atoms with Crippen LogP contribution in [-0.4, -0.2) is 145 Å². The summed E-state index contributed by atoms with van der Waals surface area (Å²) in [6.07, 6.45) is 5.07. The average Bonchev–Trinajstić information content (AvgIpc) is 2.89. The van der Waals surface area contributed by atoms with Gasteiger partial charge in [0, 0.05) is 6.92 Å². The predicted molar refractivity (Wildman–Crippen MR) is 134 cm³/mol. The second kappa shape index (κ2) is 32.7. The van der Waals surface area contributed by atoms with Crippen LogP contribution in [0.3, 0.4) is 0 Å². The first-order valence-corrected chi connectivity index (χ1v) is 12.6. The molecular formula is C25H46O12. The molecule has 0 amide bonds. The van der Waals surface area contributed by atoms with E-state index in [9.17, 15) is 4.79 Å². The van der Waals surface area contributed by atoms with Crippen LogP contribution in [0.2, 0.25) is 0 Å². The first kappa shape index (κ1) is 35.6. The molecule has 0 aliphatic rings. The van der Waals surface area contributed by atoms with Crippen LogP contribution in [0.1, 0.15) is 6.92 Å². The van der Waals surface area contributed by atoms with Crippen molar-refractivity contribution in [1.29, 1.82) is 0 Å². The summed E-state index contributed by atoms with van der Waals surface area (Å²) in [5, 5.41) is 0. The maximum atomic E-state index is 10.6. The van der Waals surface area contributed by atoms with Crippen molar-refractivity contribution in [2.45, 2.75) is 6.92 Å². The molecule has 12 heteroatoms. The number of rotatable bonds is 31. The molecule has 0 aromatic carbocycles. The van der Waals surface area contributed by atoms with Gasteiger partial charge in [-0.3, -0.25) is 4.79 Å². The summed E-state index contributed by atoms with van der Waals surface area (Å²) < 4.78 is 58.3. The standard InChI is InChI=1S/C25H46O12/c1-3-4-27-5-6-28-7-8-29-9-10-30-11-12-31-13-14-32-15-16-33-17-18-34-19-20-35-21-22-36-23-24-37-25(2)26/h1H,4-24H2,2H3. The van der Waals surface area contributed by atoms with E-state index in [-0.39, 0.29) is 12.6 Å². The number of esters is 1. The lowest BCUT2D eigenvalue weighted by molar-refractivity contribution is -0.142. The van der Waals surface area contributed by atoms with Crippen molar-refractivity contribution >= 4 is 5.97 Å². The summed E-state index contributed by atoms with van der Waals surface area (Å²) in [5.74, 6) is 2.08. The van der Waals surface area contributed by atoms with Crippen molar-refractivity contribution in [3.05, 3.63) is 0 Å². The Morgan fingerprint density at radius 2 is 0.649 bits per heavy atom. The maximum absolute atomic E-state index is 10.6. The molecule has 0 fully saturated rings. The minimum atomic E-state index is -0.311. The molecule has 0 heterocycles. The van der Waals surface area contributed by atoms with Crippen molar-refractivity contribution in [1.82, 2.24) is 0 Å². The van der Waals surface area contributed by atoms with Crippen molar-refractivity contribution in [3.8, 4) is 12.3 Å². The van der Waals surface area contributed by atoms with Crippen LogP contribution in [0.15, 0.2) is 0 Å². The van der Waals surface area contributed by atoms with Gasteiger partial charge in [-0.25, -0.2) is 0 Å². The second-order valence-electron chi connectivity index (χ2n) is 7.11. The fourth-order valence-electron chi connectivity index (χ4n) is 2.35. The second-order valence-corrected chi connectivity index (χ2v) is 7.11. The van der Waals surface area contributed by atoms with E-state index in [4.69, 9.17) is 58.5 Å². The molecule has 12 nitrogen and oxygen atoms in total. The van der Waals surface area contributed by atoms with Crippen molar-refractivity contribution in [3.63, 3.8) is 0 Å². The van der Waals surface area contributed by atoms with Gasteiger partial charge in [-0.1, -0.05) is 5.92 Å². The average molecular weight is 539 g/mol. The summed E-state index contributed by atoms with van der Waals surface area (Å²) in [6.45, 7) is 11.2. The molecule has 0 rings (SSSR count). The maximum Gasteiger partial charge on any atom is 0.302 e. The van der Waals surface area contributed by atoms with Gasteiger partial charge in [0.05, 0.1) is 126 Å². The highest BCUT2D eigenvalue weighted by Gasteiger charge is 1.96. The summed E-state index contributed by atoms with van der Waals surface area (Å²) in [6, 6.07) is 0. The van der Waals surface area contributed by atoms with E-state index < -0.39 is 0 Å². The van der Waals surface area contributed by atoms with Crippen LogP contribution >= 0.6 is 0 Å². The molecule has 0 spiro atoms. The number of carbonyl (C=O) groups is 1. The highest BCUT2D eigenvalue weighted by Crippen LogP contribution is 1.87. The fourth-order valence-corrected chi connectivity index (χ4v) is 2.35. The van der Waals surface area contributed by atoms with Crippen LogP contribution in [0.4, 0.5) is 0 Å². The van der Waals surface area contributed by atoms with Crippen molar-refractivity contribution < 1.29 is 56.9 Å². The van der Waals surface area contributed by atoms with E-state index in [2.05, 4.69) is 5.92 Å². The molecule has 37 heavy (non-hydrogen) atoms. The van der Waals surface area contributed by atoms with Crippen LogP contribution in [-0.2, 0) is 56.9 Å². The zero-order valence-electron chi connectivity index (χ0n) is 22.3. The lowest BCUT2D eigenvalue weighted by Gasteiger charge is -2.09. The first-order chi connectivity index (χ1) is 18.3. The van der Waals surface area contributed by atoms with Crippen LogP contribution in [0, 0.1) is 12.3 Å². The van der Waals surface area contributed by atoms with E-state index >= 15 is 0 Å². The summed E-state index contributed by atoms with van der Waals surface area (Å²) in [7, 11) is 0. The van der Waals surface area contributed by atoms with Crippen molar-refractivity contribution in [2.24, 2.45) is 0 Å². The molecule has 0 radical (unpaired) electrons. The van der Waals surface area contributed by atoms with Gasteiger partial charge in [0.2, 0.25) is 0 Å². The Hall–Kier alpha value is -1.37. The van der Waals surface area contributed by atoms with E-state index in [1.165, 1.54) is 6.92 Å². The molecular weight excluding hydrogens is 492 g/mol. The van der Waals surface area contributed by atoms with E-state index in [0.29, 0.717) is 132 Å². The smallest absolute Gasteiger partial charge is 0.302 e. The number of hydrogen-bond acceptors (Lipinski definition) is 12. The third-order valence-corrected chi connectivity index (χ3v) is 4.07. The predicted octanol–water partition coefficient (Wildman–Crippen LogP) is 0.349. The number of hydrogen-bond donors (Lipinski definition) is 0. The topological polar surface area (TPSA) is 119 Å². The summed E-state index contributed by atoms with van der Waals surface area (Å²) in [5.41, 5.74) is 0. The molecule has 0 aliphatic heterocycles. The highest BCUT2D eigenvalue weighted by molar-refractivity contribution is 5.65. The third-order valence-electron chi connectivity index (χ3n) is 4.07. The minimum absolute atomic E-state index is 0.259. The molecule has 0 saturated heterocycles. The summed E-state index contributed by atoms with van der Waals surface area (Å²) >= 11 is 0. The van der Waals surface area contributed by atoms with Crippen LogP contribution in [0.25, 0.3) is 0 Å². The van der Waals surface area contributed by atoms with Gasteiger partial charge in [0.15, 0.2) is 0 Å². The van der Waals surface area contributed by atoms with Gasteiger partial charge in [-0.05, 0) is 0 Å². The van der Waals surface area contributed by atoms with Gasteiger partial charge in [-0.15, -0.1) is 6.42 Å². The molecule has 0 aromatic rings. The van der Waals surface area contributed by atoms with Gasteiger partial charge >= 0.3 is 5.97 Å². The van der Waals surface area contributed by atoms with Gasteiger partial charge in [-0.2, -0.15) is 0 Å². The Balaban J connectivity index is 3.02. The lowest BCUT2D eigenvalue weighted by atomic mass is 10.6. The number of terminal acetylenes is 1. The molecule has 0 atom stereocenters. The largest absolute Gasteiger partial charge is 0.463 e. The van der Waals surface area contributed by atoms with Gasteiger partial charge in [0.25, 0.3) is 0 Å².